The van der Waals surface area contributed by atoms with E-state index in [-0.39, 0.29) is 24.9 Å². The molecule has 25 nitrogen and oxygen atoms in total. The largest absolute Gasteiger partial charge is 0.507 e. The van der Waals surface area contributed by atoms with Crippen LogP contribution in [-0.2, 0) is 27.3 Å². The third-order valence-corrected chi connectivity index (χ3v) is 5.60. The van der Waals surface area contributed by atoms with Crippen molar-refractivity contribution in [1.82, 2.24) is 19.1 Å². The molecule has 0 saturated heterocycles. The van der Waals surface area contributed by atoms with E-state index < -0.39 is 64.0 Å². The predicted octanol–water partition coefficient (Wildman–Crippen LogP) is 2.75. The minimum Gasteiger partial charge on any atom is -0.507 e. The molecule has 47 heavy (non-hydrogen) atoms. The van der Waals surface area contributed by atoms with Gasteiger partial charge in [0.05, 0.1) is 70.2 Å². The van der Waals surface area contributed by atoms with Crippen molar-refractivity contribution in [2.75, 3.05) is 0 Å². The van der Waals surface area contributed by atoms with Gasteiger partial charge in [-0.25, -0.2) is 9.13 Å². The van der Waals surface area contributed by atoms with Crippen molar-refractivity contribution in [3.8, 4) is 11.5 Å². The zero-order valence-electron chi connectivity index (χ0n) is 23.7. The first-order valence-electron chi connectivity index (χ1n) is 12.1. The molecule has 0 saturated carbocycles. The van der Waals surface area contributed by atoms with E-state index in [4.69, 9.17) is 14.9 Å². The molecule has 2 aromatic carbocycles. The van der Waals surface area contributed by atoms with E-state index in [1.54, 1.807) is 0 Å². The van der Waals surface area contributed by atoms with E-state index in [2.05, 4.69) is 9.97 Å². The molecule has 0 spiro atoms. The van der Waals surface area contributed by atoms with Crippen molar-refractivity contribution in [2.24, 2.45) is 14.1 Å². The second-order valence-electron chi connectivity index (χ2n) is 8.60. The molecular weight excluding hydrogens is 644 g/mol. The Bertz CT molecular complexity index is 1790. The molecule has 0 fully saturated rings. The van der Waals surface area contributed by atoms with Crippen LogP contribution in [0.15, 0.2) is 48.8 Å². The van der Waals surface area contributed by atoms with E-state index in [9.17, 15) is 60.7 Å². The number of non-ortho nitro benzene ring substituents is 4. The van der Waals surface area contributed by atoms with Crippen LogP contribution in [0.1, 0.15) is 11.4 Å². The fraction of sp³-hybridized carbons (Fsp3) is 0.182. The quantitative estimate of drug-likeness (QED) is 0.182. The smallest absolute Gasteiger partial charge is 0.434 e. The number of ether oxygens (including phenoxy) is 1. The lowest BCUT2D eigenvalue weighted by Gasteiger charge is -2.05. The number of aromatic hydroxyl groups is 1. The zero-order chi connectivity index (χ0) is 35.6. The Balaban J connectivity index is 0.000000270. The van der Waals surface area contributed by atoms with Crippen LogP contribution in [0.2, 0.25) is 0 Å². The number of phenolic OH excluding ortho intramolecular Hbond substituents is 1. The number of nitrogens with zero attached hydrogens (tertiary/aromatic N) is 10. The fourth-order valence-electron chi connectivity index (χ4n) is 3.30. The van der Waals surface area contributed by atoms with Crippen LogP contribution >= 0.6 is 0 Å². The highest BCUT2D eigenvalue weighted by atomic mass is 16.6. The number of phenols is 1. The summed E-state index contributed by atoms with van der Waals surface area (Å²) in [6, 6.07) is 5.32. The first-order valence-corrected chi connectivity index (χ1v) is 12.1. The Hall–Kier alpha value is -7.18. The first-order chi connectivity index (χ1) is 22.0. The van der Waals surface area contributed by atoms with Crippen molar-refractivity contribution in [3.63, 3.8) is 0 Å². The number of aromatic nitrogens is 4. The summed E-state index contributed by atoms with van der Waals surface area (Å²) in [5, 5.41) is 80.3. The summed E-state index contributed by atoms with van der Waals surface area (Å²) in [5.41, 5.74) is -1.25. The summed E-state index contributed by atoms with van der Waals surface area (Å²) in [4.78, 5) is 65.4. The predicted molar refractivity (Wildman–Crippen MR) is 151 cm³/mol. The summed E-state index contributed by atoms with van der Waals surface area (Å²) < 4.78 is 7.66. The van der Waals surface area contributed by atoms with Crippen LogP contribution in [0.5, 0.6) is 11.5 Å². The SMILES string of the molecule is Cn1c(CO)cnc1[N+](=O)[O-].Cn1c(COc2cc([N+](=O)[O-])cc([N+](=O)[O-])c2)cnc1[N+](=O)[O-].O=[N+]([O-])c1cc(O)cc([N+](=O)[O-])c1. The van der Waals surface area contributed by atoms with Crippen LogP contribution < -0.4 is 4.74 Å². The molecule has 248 valence electrons. The van der Waals surface area contributed by atoms with Gasteiger partial charge in [-0.15, -0.1) is 0 Å². The van der Waals surface area contributed by atoms with Gasteiger partial charge in [-0.1, -0.05) is 9.97 Å². The molecule has 2 N–H and O–H groups in total. The van der Waals surface area contributed by atoms with E-state index >= 15 is 0 Å². The molecule has 0 amide bonds. The van der Waals surface area contributed by atoms with Gasteiger partial charge in [-0.3, -0.25) is 40.5 Å². The van der Waals surface area contributed by atoms with Crippen molar-refractivity contribution < 1.29 is 44.5 Å². The lowest BCUT2D eigenvalue weighted by atomic mass is 10.2. The van der Waals surface area contributed by atoms with Gasteiger partial charge in [0, 0.05) is 0 Å². The molecule has 0 aliphatic heterocycles. The number of rotatable bonds is 10. The number of aliphatic hydroxyl groups excluding tert-OH is 1. The molecule has 0 atom stereocenters. The zero-order valence-corrected chi connectivity index (χ0v) is 23.7. The minimum absolute atomic E-state index is 0.102. The molecule has 0 unspecified atom stereocenters. The number of aliphatic hydroxyl groups is 1. The topological polar surface area (TPSA) is 344 Å². The molecule has 0 radical (unpaired) electrons. The third kappa shape index (κ3) is 9.66. The van der Waals surface area contributed by atoms with E-state index in [1.807, 2.05) is 0 Å². The van der Waals surface area contributed by atoms with Gasteiger partial charge >= 0.3 is 11.9 Å². The molecule has 2 heterocycles. The Labute approximate surface area is 258 Å². The fourth-order valence-corrected chi connectivity index (χ4v) is 3.30. The van der Waals surface area contributed by atoms with Crippen molar-refractivity contribution in [3.05, 3.63) is 121 Å². The number of benzene rings is 2. The normalized spacial score (nSPS) is 10.0. The third-order valence-electron chi connectivity index (χ3n) is 5.60. The first kappa shape index (κ1) is 36.0. The van der Waals surface area contributed by atoms with Crippen LogP contribution in [0.25, 0.3) is 0 Å². The Morgan fingerprint density at radius 1 is 0.617 bits per heavy atom. The van der Waals surface area contributed by atoms with E-state index in [0.29, 0.717) is 11.4 Å². The van der Waals surface area contributed by atoms with Crippen LogP contribution in [0.4, 0.5) is 34.6 Å². The second kappa shape index (κ2) is 15.5. The van der Waals surface area contributed by atoms with Gasteiger partial charge in [0.1, 0.15) is 42.8 Å². The Morgan fingerprint density at radius 3 is 1.30 bits per heavy atom. The van der Waals surface area contributed by atoms with Gasteiger partial charge < -0.3 is 35.2 Å². The molecule has 4 aromatic rings. The number of imidazole rings is 2. The van der Waals surface area contributed by atoms with Crippen LogP contribution in [0.3, 0.4) is 0 Å². The number of nitro benzene ring substituents is 4. The monoisotopic (exact) mass is 664 g/mol. The molecule has 0 aliphatic rings. The number of hydrogen-bond acceptors (Lipinski definition) is 17. The van der Waals surface area contributed by atoms with Crippen LogP contribution in [0, 0.1) is 60.7 Å². The summed E-state index contributed by atoms with van der Waals surface area (Å²) in [5.74, 6) is -1.25. The van der Waals surface area contributed by atoms with Crippen molar-refractivity contribution in [2.45, 2.75) is 13.2 Å². The van der Waals surface area contributed by atoms with Crippen molar-refractivity contribution in [1.29, 1.82) is 0 Å². The highest BCUT2D eigenvalue weighted by Crippen LogP contribution is 2.28. The highest BCUT2D eigenvalue weighted by molar-refractivity contribution is 5.50. The second-order valence-corrected chi connectivity index (χ2v) is 8.60. The summed E-state index contributed by atoms with van der Waals surface area (Å²) >= 11 is 0. The average molecular weight is 664 g/mol. The maximum atomic E-state index is 10.8. The summed E-state index contributed by atoms with van der Waals surface area (Å²) in [7, 11) is 2.89. The standard InChI is InChI=1S/C11H9N5O7.C6H4N2O5.C5H7N3O3/c1-13-9(5-12-11(13)16(21)22)6-23-10-3-7(14(17)18)2-8(4-10)15(19)20;9-6-2-4(7(10)11)1-5(3-6)8(12)13;1-7-4(3-9)2-6-5(7)8(10)11/h2-5H,6H2,1H3;1-3,9H;2,9H,3H2,1H3. The highest BCUT2D eigenvalue weighted by Gasteiger charge is 2.21. The molecule has 2 aromatic heterocycles. The number of nitro groups is 6. The maximum absolute atomic E-state index is 10.8. The van der Waals surface area contributed by atoms with E-state index in [1.165, 1.54) is 35.6 Å². The Morgan fingerprint density at radius 2 is 0.979 bits per heavy atom. The van der Waals surface area contributed by atoms with Gasteiger partial charge in [-0.2, -0.15) is 0 Å². The lowest BCUT2D eigenvalue weighted by molar-refractivity contribution is -0.396. The molecule has 4 rings (SSSR count). The molecule has 25 heteroatoms. The van der Waals surface area contributed by atoms with Gasteiger partial charge in [0.25, 0.3) is 22.7 Å². The number of hydrogen-bond donors (Lipinski definition) is 2. The summed E-state index contributed by atoms with van der Waals surface area (Å²) in [6.07, 6.45) is 2.49. The van der Waals surface area contributed by atoms with Crippen LogP contribution in [-0.4, -0.2) is 58.9 Å². The molecule has 0 aliphatic carbocycles. The maximum Gasteiger partial charge on any atom is 0.434 e. The molecular formula is C22H20N10O15. The van der Waals surface area contributed by atoms with Gasteiger partial charge in [0.15, 0.2) is 5.69 Å². The molecule has 0 bridgehead atoms. The lowest BCUT2D eigenvalue weighted by Crippen LogP contribution is -2.05. The van der Waals surface area contributed by atoms with Crippen molar-refractivity contribution >= 4 is 34.6 Å². The summed E-state index contributed by atoms with van der Waals surface area (Å²) in [6.45, 7) is -0.437. The minimum atomic E-state index is -0.813. The van der Waals surface area contributed by atoms with E-state index in [0.717, 1.165) is 36.4 Å². The Kier molecular flexibility index (Phi) is 11.9. The average Bonchev–Trinajstić information content (AvgIpc) is 3.57. The van der Waals surface area contributed by atoms with Gasteiger partial charge in [-0.05, 0) is 9.85 Å². The van der Waals surface area contributed by atoms with Gasteiger partial charge in [0.2, 0.25) is 0 Å².